The zero-order valence-corrected chi connectivity index (χ0v) is 19.7. The van der Waals surface area contributed by atoms with Gasteiger partial charge in [0, 0.05) is 54.9 Å². The van der Waals surface area contributed by atoms with Crippen molar-refractivity contribution in [1.29, 1.82) is 0 Å². The molecule has 170 valence electrons. The van der Waals surface area contributed by atoms with E-state index in [2.05, 4.69) is 101 Å². The summed E-state index contributed by atoms with van der Waals surface area (Å²) in [5, 5.41) is 1.27. The molecule has 4 nitrogen and oxygen atoms in total. The first kappa shape index (κ1) is 21.6. The first-order valence-corrected chi connectivity index (χ1v) is 12.0. The monoisotopic (exact) mass is 439 g/mol. The zero-order valence-electron chi connectivity index (χ0n) is 19.7. The van der Waals surface area contributed by atoms with Crippen molar-refractivity contribution in [2.75, 3.05) is 44.2 Å². The topological polar surface area (TPSA) is 31.5 Å². The van der Waals surface area contributed by atoms with Crippen molar-refractivity contribution in [3.8, 4) is 17.0 Å². The third-order valence-electron chi connectivity index (χ3n) is 6.74. The Hall–Kier alpha value is -3.24. The highest BCUT2D eigenvalue weighted by Gasteiger charge is 2.17. The third kappa shape index (κ3) is 4.76. The van der Waals surface area contributed by atoms with E-state index in [0.29, 0.717) is 0 Å². The Morgan fingerprint density at radius 2 is 1.64 bits per heavy atom. The van der Waals surface area contributed by atoms with Crippen LogP contribution in [0.2, 0.25) is 0 Å². The summed E-state index contributed by atoms with van der Waals surface area (Å²) in [5.41, 5.74) is 7.41. The summed E-state index contributed by atoms with van der Waals surface area (Å²) in [6, 6.07) is 25.7. The van der Waals surface area contributed by atoms with Crippen LogP contribution in [0.15, 0.2) is 72.8 Å². The first-order valence-electron chi connectivity index (χ1n) is 12.0. The number of rotatable bonds is 7. The summed E-state index contributed by atoms with van der Waals surface area (Å²) in [6.07, 6.45) is 1.03. The van der Waals surface area contributed by atoms with Gasteiger partial charge in [-0.2, -0.15) is 0 Å². The van der Waals surface area contributed by atoms with Crippen LogP contribution in [0, 0.1) is 13.8 Å². The average Bonchev–Trinajstić information content (AvgIpc) is 3.19. The van der Waals surface area contributed by atoms with Crippen molar-refractivity contribution in [3.63, 3.8) is 0 Å². The Bertz CT molecular complexity index is 1220. The van der Waals surface area contributed by atoms with Gasteiger partial charge in [0.05, 0.1) is 12.3 Å². The fourth-order valence-corrected chi connectivity index (χ4v) is 4.88. The summed E-state index contributed by atoms with van der Waals surface area (Å²) in [5.74, 6) is 0.955. The molecule has 4 heteroatoms. The quantitative estimate of drug-likeness (QED) is 0.356. The van der Waals surface area contributed by atoms with Crippen LogP contribution in [0.4, 0.5) is 5.69 Å². The molecule has 1 fully saturated rings. The minimum absolute atomic E-state index is 0.731. The lowest BCUT2D eigenvalue weighted by Gasteiger charge is -2.36. The van der Waals surface area contributed by atoms with E-state index in [1.54, 1.807) is 0 Å². The van der Waals surface area contributed by atoms with Crippen LogP contribution in [0.5, 0.6) is 5.75 Å². The maximum atomic E-state index is 6.28. The molecular weight excluding hydrogens is 406 g/mol. The normalized spacial score (nSPS) is 14.7. The second kappa shape index (κ2) is 9.72. The van der Waals surface area contributed by atoms with E-state index in [1.165, 1.54) is 27.7 Å². The molecule has 1 aliphatic rings. The summed E-state index contributed by atoms with van der Waals surface area (Å²) < 4.78 is 6.28. The molecule has 0 unspecified atom stereocenters. The molecule has 3 aromatic carbocycles. The Morgan fingerprint density at radius 1 is 0.848 bits per heavy atom. The van der Waals surface area contributed by atoms with E-state index >= 15 is 0 Å². The maximum Gasteiger partial charge on any atom is 0.128 e. The van der Waals surface area contributed by atoms with Gasteiger partial charge in [0.2, 0.25) is 0 Å². The smallest absolute Gasteiger partial charge is 0.128 e. The SMILES string of the molecule is Cc1cccc(N2CCN(CCCOc3ccccc3-c3[nH]c4ccccc4c3C)CC2)c1. The number of piperazine rings is 1. The summed E-state index contributed by atoms with van der Waals surface area (Å²) in [4.78, 5) is 8.65. The number of aryl methyl sites for hydroxylation is 2. The molecule has 1 aromatic heterocycles. The number of anilines is 1. The van der Waals surface area contributed by atoms with E-state index in [0.717, 1.165) is 62.8 Å². The van der Waals surface area contributed by atoms with E-state index < -0.39 is 0 Å². The Kier molecular flexibility index (Phi) is 6.36. The van der Waals surface area contributed by atoms with Crippen LogP contribution in [0.25, 0.3) is 22.2 Å². The lowest BCUT2D eigenvalue weighted by Crippen LogP contribution is -2.46. The maximum absolute atomic E-state index is 6.28. The van der Waals surface area contributed by atoms with Gasteiger partial charge in [-0.05, 0) is 61.7 Å². The van der Waals surface area contributed by atoms with Crippen LogP contribution in [-0.4, -0.2) is 49.2 Å². The Balaban J connectivity index is 1.15. The van der Waals surface area contributed by atoms with Crippen molar-refractivity contribution in [2.24, 2.45) is 0 Å². The van der Waals surface area contributed by atoms with Crippen LogP contribution in [0.3, 0.4) is 0 Å². The van der Waals surface area contributed by atoms with Gasteiger partial charge in [-0.15, -0.1) is 0 Å². The number of ether oxygens (including phenoxy) is 1. The van der Waals surface area contributed by atoms with Crippen molar-refractivity contribution in [3.05, 3.63) is 83.9 Å². The largest absolute Gasteiger partial charge is 0.493 e. The van der Waals surface area contributed by atoms with Gasteiger partial charge in [-0.25, -0.2) is 0 Å². The van der Waals surface area contributed by atoms with E-state index in [9.17, 15) is 0 Å². The van der Waals surface area contributed by atoms with Gasteiger partial charge in [0.15, 0.2) is 0 Å². The first-order chi connectivity index (χ1) is 16.2. The molecule has 0 atom stereocenters. The number of nitrogens with one attached hydrogen (secondary N) is 1. The lowest BCUT2D eigenvalue weighted by atomic mass is 10.1. The number of H-pyrrole nitrogens is 1. The molecule has 2 heterocycles. The fourth-order valence-electron chi connectivity index (χ4n) is 4.88. The van der Waals surface area contributed by atoms with Gasteiger partial charge in [-0.3, -0.25) is 4.90 Å². The van der Waals surface area contributed by atoms with Gasteiger partial charge in [0.25, 0.3) is 0 Å². The number of benzene rings is 3. The molecule has 4 aromatic rings. The third-order valence-corrected chi connectivity index (χ3v) is 6.74. The zero-order chi connectivity index (χ0) is 22.6. The van der Waals surface area contributed by atoms with Crippen molar-refractivity contribution >= 4 is 16.6 Å². The Morgan fingerprint density at radius 3 is 2.45 bits per heavy atom. The summed E-state index contributed by atoms with van der Waals surface area (Å²) in [7, 11) is 0. The molecule has 0 saturated carbocycles. The van der Waals surface area contributed by atoms with Gasteiger partial charge in [0.1, 0.15) is 5.75 Å². The van der Waals surface area contributed by atoms with Crippen LogP contribution < -0.4 is 9.64 Å². The van der Waals surface area contributed by atoms with Gasteiger partial charge >= 0.3 is 0 Å². The van der Waals surface area contributed by atoms with Crippen molar-refractivity contribution in [2.45, 2.75) is 20.3 Å². The van der Waals surface area contributed by atoms with E-state index in [4.69, 9.17) is 4.74 Å². The van der Waals surface area contributed by atoms with Crippen LogP contribution >= 0.6 is 0 Å². The molecule has 0 amide bonds. The lowest BCUT2D eigenvalue weighted by molar-refractivity contribution is 0.225. The number of fused-ring (bicyclic) bond motifs is 1. The number of hydrogen-bond acceptors (Lipinski definition) is 3. The molecule has 1 aliphatic heterocycles. The molecular formula is C29H33N3O. The van der Waals surface area contributed by atoms with Crippen LogP contribution in [0.1, 0.15) is 17.5 Å². The van der Waals surface area contributed by atoms with Gasteiger partial charge in [-0.1, -0.05) is 42.5 Å². The predicted octanol–water partition coefficient (Wildman–Crippen LogP) is 6.04. The number of aromatic amines is 1. The number of hydrogen-bond donors (Lipinski definition) is 1. The molecule has 0 bridgehead atoms. The predicted molar refractivity (Wildman–Crippen MR) is 138 cm³/mol. The second-order valence-corrected chi connectivity index (χ2v) is 9.04. The standard InChI is InChI=1S/C29H33N3O/c1-22-9-7-10-24(21-22)32-18-16-31(17-19-32)15-8-20-33-28-14-6-4-12-26(28)29-23(2)25-11-3-5-13-27(25)30-29/h3-7,9-14,21,30H,8,15-20H2,1-2H3. The minimum atomic E-state index is 0.731. The molecule has 0 spiro atoms. The number of nitrogens with zero attached hydrogens (tertiary/aromatic N) is 2. The molecule has 1 saturated heterocycles. The second-order valence-electron chi connectivity index (χ2n) is 9.04. The van der Waals surface area contributed by atoms with Crippen LogP contribution in [-0.2, 0) is 0 Å². The van der Waals surface area contributed by atoms with Gasteiger partial charge < -0.3 is 14.6 Å². The van der Waals surface area contributed by atoms with E-state index in [1.807, 2.05) is 0 Å². The highest BCUT2D eigenvalue weighted by Crippen LogP contribution is 2.35. The Labute approximate surface area is 196 Å². The summed E-state index contributed by atoms with van der Waals surface area (Å²) in [6.45, 7) is 10.6. The molecule has 5 rings (SSSR count). The van der Waals surface area contributed by atoms with E-state index in [-0.39, 0.29) is 0 Å². The molecule has 33 heavy (non-hydrogen) atoms. The summed E-state index contributed by atoms with van der Waals surface area (Å²) >= 11 is 0. The number of para-hydroxylation sites is 2. The minimum Gasteiger partial charge on any atom is -0.493 e. The fraction of sp³-hybridized carbons (Fsp3) is 0.310. The highest BCUT2D eigenvalue weighted by molar-refractivity contribution is 5.91. The average molecular weight is 440 g/mol. The molecule has 0 radical (unpaired) electrons. The number of aromatic nitrogens is 1. The van der Waals surface area contributed by atoms with Crippen molar-refractivity contribution in [1.82, 2.24) is 9.88 Å². The molecule has 1 N–H and O–H groups in total. The molecule has 0 aliphatic carbocycles. The highest BCUT2D eigenvalue weighted by atomic mass is 16.5. The van der Waals surface area contributed by atoms with Crippen molar-refractivity contribution < 1.29 is 4.74 Å².